The minimum Gasteiger partial charge on any atom is -0.454 e. The van der Waals surface area contributed by atoms with Crippen molar-refractivity contribution >= 4 is 5.91 Å². The smallest absolute Gasteiger partial charge is 0.243 e. The number of rotatable bonds is 5. The lowest BCUT2D eigenvalue weighted by Crippen LogP contribution is -2.27. The van der Waals surface area contributed by atoms with Crippen molar-refractivity contribution in [3.8, 4) is 11.5 Å². The van der Waals surface area contributed by atoms with Crippen molar-refractivity contribution in [2.24, 2.45) is 0 Å². The molecular formula is C13H15NO4. The lowest BCUT2D eigenvalue weighted by molar-refractivity contribution is -0.117. The van der Waals surface area contributed by atoms with Crippen molar-refractivity contribution in [1.82, 2.24) is 5.32 Å². The van der Waals surface area contributed by atoms with Crippen LogP contribution in [0.2, 0.25) is 0 Å². The summed E-state index contributed by atoms with van der Waals surface area (Å²) in [6, 6.07) is 5.18. The molecule has 1 unspecified atom stereocenters. The van der Waals surface area contributed by atoms with Gasteiger partial charge in [-0.15, -0.1) is 0 Å². The fourth-order valence-electron chi connectivity index (χ4n) is 1.81. The van der Waals surface area contributed by atoms with Gasteiger partial charge in [-0.2, -0.15) is 0 Å². The maximum Gasteiger partial charge on any atom is 0.243 e. The summed E-state index contributed by atoms with van der Waals surface area (Å²) in [6.07, 6.45) is 1.64. The topological polar surface area (TPSA) is 67.8 Å². The molecule has 1 atom stereocenters. The number of fused-ring (bicyclic) bond motifs is 1. The highest BCUT2D eigenvalue weighted by Crippen LogP contribution is 2.34. The normalized spacial score (nSPS) is 14.1. The molecule has 1 aliphatic heterocycles. The molecule has 1 amide bonds. The molecule has 0 spiro atoms. The summed E-state index contributed by atoms with van der Waals surface area (Å²) in [6.45, 7) is 3.60. The first-order valence-electron chi connectivity index (χ1n) is 5.68. The van der Waals surface area contributed by atoms with Crippen LogP contribution in [0.5, 0.6) is 11.5 Å². The van der Waals surface area contributed by atoms with Gasteiger partial charge in [0.1, 0.15) is 0 Å². The van der Waals surface area contributed by atoms with Crippen LogP contribution >= 0.6 is 0 Å². The SMILES string of the molecule is C=CC(=O)NC(CCO)c1ccc2c(c1)OCO2. The molecule has 0 saturated carbocycles. The molecule has 96 valence electrons. The summed E-state index contributed by atoms with van der Waals surface area (Å²) in [4.78, 5) is 11.3. The van der Waals surface area contributed by atoms with Crippen LogP contribution in [0.4, 0.5) is 0 Å². The van der Waals surface area contributed by atoms with Crippen molar-refractivity contribution in [3.05, 3.63) is 36.4 Å². The molecule has 5 heteroatoms. The third-order valence-electron chi connectivity index (χ3n) is 2.72. The molecule has 0 fully saturated rings. The molecule has 0 saturated heterocycles. The van der Waals surface area contributed by atoms with Crippen LogP contribution in [-0.4, -0.2) is 24.4 Å². The minimum atomic E-state index is -0.272. The van der Waals surface area contributed by atoms with Gasteiger partial charge in [-0.3, -0.25) is 4.79 Å². The van der Waals surface area contributed by atoms with Crippen LogP contribution in [0.1, 0.15) is 18.0 Å². The van der Waals surface area contributed by atoms with Gasteiger partial charge in [0.05, 0.1) is 6.04 Å². The number of benzene rings is 1. The van der Waals surface area contributed by atoms with Crippen molar-refractivity contribution < 1.29 is 19.4 Å². The Morgan fingerprint density at radius 2 is 2.28 bits per heavy atom. The summed E-state index contributed by atoms with van der Waals surface area (Å²) in [7, 11) is 0. The lowest BCUT2D eigenvalue weighted by Gasteiger charge is -2.17. The largest absolute Gasteiger partial charge is 0.454 e. The van der Waals surface area contributed by atoms with E-state index in [1.807, 2.05) is 12.1 Å². The highest BCUT2D eigenvalue weighted by atomic mass is 16.7. The number of hydrogen-bond acceptors (Lipinski definition) is 4. The third-order valence-corrected chi connectivity index (χ3v) is 2.72. The Kier molecular flexibility index (Phi) is 3.84. The zero-order chi connectivity index (χ0) is 13.0. The predicted octanol–water partition coefficient (Wildman–Crippen LogP) is 1.14. The summed E-state index contributed by atoms with van der Waals surface area (Å²) in [5.74, 6) is 1.07. The van der Waals surface area contributed by atoms with Crippen LogP contribution in [0, 0.1) is 0 Å². The van der Waals surface area contributed by atoms with E-state index < -0.39 is 0 Å². The van der Waals surface area contributed by atoms with Crippen LogP contribution in [0.15, 0.2) is 30.9 Å². The summed E-state index contributed by atoms with van der Waals surface area (Å²) in [5, 5.41) is 11.8. The van der Waals surface area contributed by atoms with Gasteiger partial charge < -0.3 is 19.9 Å². The van der Waals surface area contributed by atoms with E-state index in [-0.39, 0.29) is 25.3 Å². The first kappa shape index (κ1) is 12.4. The zero-order valence-corrected chi connectivity index (χ0v) is 9.89. The molecular weight excluding hydrogens is 234 g/mol. The first-order chi connectivity index (χ1) is 8.74. The monoisotopic (exact) mass is 249 g/mol. The van der Waals surface area contributed by atoms with Crippen molar-refractivity contribution in [2.75, 3.05) is 13.4 Å². The number of ether oxygens (including phenoxy) is 2. The Labute approximate surface area is 105 Å². The molecule has 5 nitrogen and oxygen atoms in total. The van der Waals surface area contributed by atoms with E-state index in [0.717, 1.165) is 5.56 Å². The summed E-state index contributed by atoms with van der Waals surface area (Å²) >= 11 is 0. The van der Waals surface area contributed by atoms with Gasteiger partial charge in [-0.05, 0) is 30.2 Å². The van der Waals surface area contributed by atoms with E-state index in [0.29, 0.717) is 17.9 Å². The second-order valence-electron chi connectivity index (χ2n) is 3.89. The molecule has 18 heavy (non-hydrogen) atoms. The van der Waals surface area contributed by atoms with Crippen molar-refractivity contribution in [1.29, 1.82) is 0 Å². The molecule has 0 aliphatic carbocycles. The molecule has 1 heterocycles. The Bertz CT molecular complexity index is 458. The molecule has 1 aromatic rings. The molecule has 0 bridgehead atoms. The summed E-state index contributed by atoms with van der Waals surface area (Å²) < 4.78 is 10.5. The van der Waals surface area contributed by atoms with Gasteiger partial charge in [0, 0.05) is 6.61 Å². The number of aliphatic hydroxyl groups is 1. The van der Waals surface area contributed by atoms with E-state index in [1.165, 1.54) is 6.08 Å². The second kappa shape index (κ2) is 5.55. The van der Waals surface area contributed by atoms with Crippen LogP contribution in [-0.2, 0) is 4.79 Å². The highest BCUT2D eigenvalue weighted by molar-refractivity contribution is 5.87. The van der Waals surface area contributed by atoms with Crippen molar-refractivity contribution in [3.63, 3.8) is 0 Å². The molecule has 2 N–H and O–H groups in total. The van der Waals surface area contributed by atoms with E-state index in [9.17, 15) is 4.79 Å². The zero-order valence-electron chi connectivity index (χ0n) is 9.89. The van der Waals surface area contributed by atoms with Gasteiger partial charge in [0.15, 0.2) is 11.5 Å². The van der Waals surface area contributed by atoms with Gasteiger partial charge >= 0.3 is 0 Å². The van der Waals surface area contributed by atoms with Gasteiger partial charge in [-0.25, -0.2) is 0 Å². The van der Waals surface area contributed by atoms with Crippen LogP contribution in [0.25, 0.3) is 0 Å². The van der Waals surface area contributed by atoms with E-state index in [2.05, 4.69) is 11.9 Å². The number of nitrogens with one attached hydrogen (secondary N) is 1. The van der Waals surface area contributed by atoms with Crippen LogP contribution in [0.3, 0.4) is 0 Å². The molecule has 2 rings (SSSR count). The fourth-order valence-corrected chi connectivity index (χ4v) is 1.81. The Balaban J connectivity index is 2.19. The number of amides is 1. The fraction of sp³-hybridized carbons (Fsp3) is 0.308. The van der Waals surface area contributed by atoms with E-state index in [4.69, 9.17) is 14.6 Å². The number of aliphatic hydroxyl groups excluding tert-OH is 1. The average molecular weight is 249 g/mol. The van der Waals surface area contributed by atoms with Crippen LogP contribution < -0.4 is 14.8 Å². The first-order valence-corrected chi connectivity index (χ1v) is 5.68. The Hall–Kier alpha value is -2.01. The van der Waals surface area contributed by atoms with Gasteiger partial charge in [0.25, 0.3) is 0 Å². The Morgan fingerprint density at radius 3 is 3.00 bits per heavy atom. The average Bonchev–Trinajstić information content (AvgIpc) is 2.85. The third kappa shape index (κ3) is 2.62. The number of carbonyl (C=O) groups excluding carboxylic acids is 1. The molecule has 1 aromatic carbocycles. The van der Waals surface area contributed by atoms with Gasteiger partial charge in [-0.1, -0.05) is 12.6 Å². The minimum absolute atomic E-state index is 0.0173. The highest BCUT2D eigenvalue weighted by Gasteiger charge is 2.18. The van der Waals surface area contributed by atoms with E-state index in [1.54, 1.807) is 6.07 Å². The number of hydrogen-bond donors (Lipinski definition) is 2. The molecule has 0 aromatic heterocycles. The van der Waals surface area contributed by atoms with E-state index >= 15 is 0 Å². The maximum absolute atomic E-state index is 11.3. The standard InChI is InChI=1S/C13H15NO4/c1-2-13(16)14-10(5-6-15)9-3-4-11-12(7-9)18-8-17-11/h2-4,7,10,15H,1,5-6,8H2,(H,14,16). The lowest BCUT2D eigenvalue weighted by atomic mass is 10.0. The predicted molar refractivity (Wildman–Crippen MR) is 65.3 cm³/mol. The second-order valence-corrected chi connectivity index (χ2v) is 3.89. The van der Waals surface area contributed by atoms with Gasteiger partial charge in [0.2, 0.25) is 12.7 Å². The molecule has 0 radical (unpaired) electrons. The van der Waals surface area contributed by atoms with Crippen molar-refractivity contribution in [2.45, 2.75) is 12.5 Å². The number of carbonyl (C=O) groups is 1. The quantitative estimate of drug-likeness (QED) is 0.768. The Morgan fingerprint density at radius 1 is 1.50 bits per heavy atom. The summed E-state index contributed by atoms with van der Waals surface area (Å²) in [5.41, 5.74) is 0.864. The molecule has 1 aliphatic rings. The maximum atomic E-state index is 11.3.